The van der Waals surface area contributed by atoms with Gasteiger partial charge in [0.15, 0.2) is 0 Å². The Kier molecular flexibility index (Phi) is 2.83. The number of aryl methyl sites for hydroxylation is 1. The molecule has 0 amide bonds. The molecule has 0 aromatic heterocycles. The molecule has 0 spiro atoms. The van der Waals surface area contributed by atoms with E-state index in [1.54, 1.807) is 7.11 Å². The Balaban J connectivity index is 1.76. The Morgan fingerprint density at radius 2 is 1.94 bits per heavy atom. The van der Waals surface area contributed by atoms with Crippen LogP contribution in [0.5, 0.6) is 5.75 Å². The summed E-state index contributed by atoms with van der Waals surface area (Å²) in [5, 5.41) is 0. The van der Waals surface area contributed by atoms with Crippen molar-refractivity contribution in [3.8, 4) is 5.75 Å². The zero-order chi connectivity index (χ0) is 11.8. The minimum Gasteiger partial charge on any atom is -0.497 e. The van der Waals surface area contributed by atoms with E-state index in [4.69, 9.17) is 4.74 Å². The van der Waals surface area contributed by atoms with Gasteiger partial charge in [-0.05, 0) is 62.4 Å². The van der Waals surface area contributed by atoms with Crippen LogP contribution in [-0.2, 0) is 12.8 Å². The third kappa shape index (κ3) is 2.19. The number of ether oxygens (including phenoxy) is 1. The van der Waals surface area contributed by atoms with E-state index in [1.165, 1.54) is 43.2 Å². The van der Waals surface area contributed by atoms with E-state index in [0.29, 0.717) is 0 Å². The summed E-state index contributed by atoms with van der Waals surface area (Å²) in [5.41, 5.74) is 3.01. The van der Waals surface area contributed by atoms with Gasteiger partial charge in [0.25, 0.3) is 0 Å². The van der Waals surface area contributed by atoms with Crippen molar-refractivity contribution in [1.82, 2.24) is 4.90 Å². The number of benzene rings is 1. The second-order valence-electron chi connectivity index (χ2n) is 5.43. The molecule has 3 rings (SSSR count). The molecule has 1 saturated carbocycles. The fraction of sp³-hybridized carbons (Fsp3) is 0.600. The first-order valence-electron chi connectivity index (χ1n) is 6.65. The molecule has 0 aliphatic heterocycles. The number of likely N-dealkylation sites (N-methyl/N-ethyl adjacent to an activating group) is 1. The van der Waals surface area contributed by atoms with Crippen LogP contribution in [0.25, 0.3) is 0 Å². The van der Waals surface area contributed by atoms with Gasteiger partial charge in [0, 0.05) is 12.1 Å². The monoisotopic (exact) mass is 231 g/mol. The minimum atomic E-state index is 0.753. The van der Waals surface area contributed by atoms with Crippen LogP contribution in [0.3, 0.4) is 0 Å². The molecule has 2 nitrogen and oxygen atoms in total. The fourth-order valence-corrected chi connectivity index (χ4v) is 2.97. The number of fused-ring (bicyclic) bond motifs is 1. The first-order valence-corrected chi connectivity index (χ1v) is 6.65. The normalized spacial score (nSPS) is 23.6. The van der Waals surface area contributed by atoms with E-state index in [0.717, 1.165) is 17.8 Å². The van der Waals surface area contributed by atoms with Gasteiger partial charge in [-0.25, -0.2) is 0 Å². The zero-order valence-corrected chi connectivity index (χ0v) is 10.8. The number of rotatable bonds is 3. The number of nitrogens with zero attached hydrogens (tertiary/aromatic N) is 1. The van der Waals surface area contributed by atoms with Crippen LogP contribution in [-0.4, -0.2) is 31.1 Å². The van der Waals surface area contributed by atoms with Gasteiger partial charge in [-0.1, -0.05) is 6.07 Å². The standard InChI is InChI=1S/C15H21NO/c1-16(13-6-7-13)14-5-3-12-10-15(17-2)8-4-11(12)9-14/h4,8,10,13-14H,3,5-7,9H2,1-2H3. The van der Waals surface area contributed by atoms with Crippen LogP contribution < -0.4 is 4.74 Å². The fourth-order valence-electron chi connectivity index (χ4n) is 2.97. The maximum absolute atomic E-state index is 5.29. The summed E-state index contributed by atoms with van der Waals surface area (Å²) >= 11 is 0. The molecule has 2 heteroatoms. The topological polar surface area (TPSA) is 12.5 Å². The molecule has 1 atom stereocenters. The lowest BCUT2D eigenvalue weighted by Gasteiger charge is -2.32. The van der Waals surface area contributed by atoms with Gasteiger partial charge in [0.2, 0.25) is 0 Å². The molecule has 92 valence electrons. The van der Waals surface area contributed by atoms with Crippen LogP contribution in [0.4, 0.5) is 0 Å². The third-order valence-corrected chi connectivity index (χ3v) is 4.31. The van der Waals surface area contributed by atoms with Crippen molar-refractivity contribution in [1.29, 1.82) is 0 Å². The van der Waals surface area contributed by atoms with E-state index < -0.39 is 0 Å². The Bertz CT molecular complexity index is 411. The van der Waals surface area contributed by atoms with Gasteiger partial charge in [-0.2, -0.15) is 0 Å². The first-order chi connectivity index (χ1) is 8.28. The maximum Gasteiger partial charge on any atom is 0.119 e. The molecule has 1 aromatic rings. The molecular weight excluding hydrogens is 210 g/mol. The predicted molar refractivity (Wildman–Crippen MR) is 69.6 cm³/mol. The van der Waals surface area contributed by atoms with Crippen molar-refractivity contribution < 1.29 is 4.74 Å². The third-order valence-electron chi connectivity index (χ3n) is 4.31. The van der Waals surface area contributed by atoms with Gasteiger partial charge in [0.1, 0.15) is 5.75 Å². The summed E-state index contributed by atoms with van der Waals surface area (Å²) in [6.07, 6.45) is 6.53. The summed E-state index contributed by atoms with van der Waals surface area (Å²) in [6, 6.07) is 8.19. The lowest BCUT2D eigenvalue weighted by Crippen LogP contribution is -2.37. The van der Waals surface area contributed by atoms with Gasteiger partial charge in [0.05, 0.1) is 7.11 Å². The molecule has 2 aliphatic carbocycles. The summed E-state index contributed by atoms with van der Waals surface area (Å²) in [4.78, 5) is 2.60. The summed E-state index contributed by atoms with van der Waals surface area (Å²) in [7, 11) is 4.05. The van der Waals surface area contributed by atoms with E-state index in [2.05, 4.69) is 30.1 Å². The minimum absolute atomic E-state index is 0.753. The highest BCUT2D eigenvalue weighted by Crippen LogP contribution is 2.33. The van der Waals surface area contributed by atoms with Crippen LogP contribution in [0, 0.1) is 0 Å². The lowest BCUT2D eigenvalue weighted by atomic mass is 9.87. The average Bonchev–Trinajstić information content (AvgIpc) is 3.21. The Morgan fingerprint density at radius 1 is 1.12 bits per heavy atom. The number of hydrogen-bond acceptors (Lipinski definition) is 2. The zero-order valence-electron chi connectivity index (χ0n) is 10.8. The molecule has 0 saturated heterocycles. The summed E-state index contributed by atoms with van der Waals surface area (Å²) in [5.74, 6) is 0.998. The molecule has 2 aliphatic rings. The molecule has 0 bridgehead atoms. The average molecular weight is 231 g/mol. The second-order valence-corrected chi connectivity index (χ2v) is 5.43. The van der Waals surface area contributed by atoms with Gasteiger partial charge >= 0.3 is 0 Å². The molecule has 0 heterocycles. The molecule has 0 radical (unpaired) electrons. The van der Waals surface area contributed by atoms with Crippen molar-refractivity contribution in [2.45, 2.75) is 44.2 Å². The summed E-state index contributed by atoms with van der Waals surface area (Å²) in [6.45, 7) is 0. The molecule has 0 N–H and O–H groups in total. The van der Waals surface area contributed by atoms with Crippen molar-refractivity contribution in [2.24, 2.45) is 0 Å². The van der Waals surface area contributed by atoms with E-state index in [1.807, 2.05) is 0 Å². The van der Waals surface area contributed by atoms with Crippen molar-refractivity contribution in [3.63, 3.8) is 0 Å². The quantitative estimate of drug-likeness (QED) is 0.793. The van der Waals surface area contributed by atoms with Gasteiger partial charge < -0.3 is 9.64 Å². The molecular formula is C15H21NO. The smallest absolute Gasteiger partial charge is 0.119 e. The van der Waals surface area contributed by atoms with E-state index in [9.17, 15) is 0 Å². The van der Waals surface area contributed by atoms with Crippen LogP contribution in [0.1, 0.15) is 30.4 Å². The number of hydrogen-bond donors (Lipinski definition) is 0. The molecule has 1 aromatic carbocycles. The highest BCUT2D eigenvalue weighted by atomic mass is 16.5. The molecule has 1 unspecified atom stereocenters. The van der Waals surface area contributed by atoms with Crippen LogP contribution >= 0.6 is 0 Å². The molecule has 1 fully saturated rings. The van der Waals surface area contributed by atoms with Crippen molar-refractivity contribution >= 4 is 0 Å². The van der Waals surface area contributed by atoms with Crippen molar-refractivity contribution in [3.05, 3.63) is 29.3 Å². The maximum atomic E-state index is 5.29. The van der Waals surface area contributed by atoms with Gasteiger partial charge in [-0.3, -0.25) is 0 Å². The molecule has 17 heavy (non-hydrogen) atoms. The van der Waals surface area contributed by atoms with E-state index in [-0.39, 0.29) is 0 Å². The second kappa shape index (κ2) is 4.34. The predicted octanol–water partition coefficient (Wildman–Crippen LogP) is 2.65. The Morgan fingerprint density at radius 3 is 2.65 bits per heavy atom. The van der Waals surface area contributed by atoms with Crippen LogP contribution in [0.15, 0.2) is 18.2 Å². The lowest BCUT2D eigenvalue weighted by molar-refractivity contribution is 0.212. The summed E-state index contributed by atoms with van der Waals surface area (Å²) < 4.78 is 5.29. The largest absolute Gasteiger partial charge is 0.497 e. The van der Waals surface area contributed by atoms with Crippen molar-refractivity contribution in [2.75, 3.05) is 14.2 Å². The number of methoxy groups -OCH3 is 1. The highest BCUT2D eigenvalue weighted by Gasteiger charge is 2.32. The Labute approximate surface area is 104 Å². The van der Waals surface area contributed by atoms with E-state index >= 15 is 0 Å². The van der Waals surface area contributed by atoms with Crippen LogP contribution in [0.2, 0.25) is 0 Å². The van der Waals surface area contributed by atoms with Gasteiger partial charge in [-0.15, -0.1) is 0 Å². The Hall–Kier alpha value is -1.02. The first kappa shape index (κ1) is 11.1. The SMILES string of the molecule is COc1ccc2c(c1)CCC(N(C)C1CC1)C2. The highest BCUT2D eigenvalue weighted by molar-refractivity contribution is 5.37.